The van der Waals surface area contributed by atoms with E-state index in [0.29, 0.717) is 0 Å². The lowest BCUT2D eigenvalue weighted by atomic mass is 10.1. The fourth-order valence-corrected chi connectivity index (χ4v) is 2.18. The van der Waals surface area contributed by atoms with Crippen molar-refractivity contribution in [1.29, 1.82) is 0 Å². The molecule has 1 aliphatic carbocycles. The molecular weight excluding hydrogens is 182 g/mol. The lowest BCUT2D eigenvalue weighted by Gasteiger charge is -1.96. The second-order valence-corrected chi connectivity index (χ2v) is 4.48. The highest BCUT2D eigenvalue weighted by atomic mass is 16.5. The Bertz CT molecular complexity index is 380. The smallest absolute Gasteiger partial charge is 0.307 e. The number of nitrogens with zero attached hydrogens (tertiary/aromatic N) is 1. The van der Waals surface area contributed by atoms with Crippen LogP contribution in [0.15, 0.2) is 10.6 Å². The van der Waals surface area contributed by atoms with E-state index in [2.05, 4.69) is 5.16 Å². The molecule has 1 aliphatic rings. The average Bonchev–Trinajstić information content (AvgIpc) is 2.42. The van der Waals surface area contributed by atoms with E-state index in [1.807, 2.05) is 26.8 Å². The van der Waals surface area contributed by atoms with E-state index in [-0.39, 0.29) is 17.3 Å². The summed E-state index contributed by atoms with van der Waals surface area (Å²) in [5.41, 5.74) is 0.565. The third-order valence-electron chi connectivity index (χ3n) is 3.06. The zero-order chi connectivity index (χ0) is 10.5. The Morgan fingerprint density at radius 3 is 2.64 bits per heavy atom. The molecule has 1 N–H and O–H groups in total. The predicted octanol–water partition coefficient (Wildman–Crippen LogP) is 1.81. The van der Waals surface area contributed by atoms with Crippen LogP contribution in [0.5, 0.6) is 0 Å². The molecule has 0 radical (unpaired) electrons. The van der Waals surface area contributed by atoms with Gasteiger partial charge in [0.1, 0.15) is 5.76 Å². The van der Waals surface area contributed by atoms with Crippen molar-refractivity contribution >= 4 is 5.97 Å². The van der Waals surface area contributed by atoms with Gasteiger partial charge in [0.05, 0.1) is 11.6 Å². The molecule has 2 atom stereocenters. The van der Waals surface area contributed by atoms with Gasteiger partial charge in [0.25, 0.3) is 0 Å². The van der Waals surface area contributed by atoms with Crippen LogP contribution in [0, 0.1) is 18.3 Å². The van der Waals surface area contributed by atoms with Gasteiger partial charge in [-0.25, -0.2) is 0 Å². The normalized spacial score (nSPS) is 28.8. The Labute approximate surface area is 81.9 Å². The molecule has 1 aromatic heterocycles. The number of aromatic nitrogens is 1. The number of aryl methyl sites for hydroxylation is 1. The van der Waals surface area contributed by atoms with Crippen molar-refractivity contribution in [2.45, 2.75) is 26.7 Å². The first-order chi connectivity index (χ1) is 6.44. The minimum atomic E-state index is -0.749. The summed E-state index contributed by atoms with van der Waals surface area (Å²) < 4.78 is 4.94. The first-order valence-corrected chi connectivity index (χ1v) is 4.60. The van der Waals surface area contributed by atoms with E-state index in [4.69, 9.17) is 9.63 Å². The Kier molecular flexibility index (Phi) is 1.71. The zero-order valence-corrected chi connectivity index (χ0v) is 8.44. The van der Waals surface area contributed by atoms with E-state index in [1.165, 1.54) is 0 Å². The monoisotopic (exact) mass is 195 g/mol. The van der Waals surface area contributed by atoms with E-state index in [0.717, 1.165) is 11.5 Å². The third-order valence-corrected chi connectivity index (χ3v) is 3.06. The van der Waals surface area contributed by atoms with Gasteiger partial charge in [0.15, 0.2) is 0 Å². The van der Waals surface area contributed by atoms with Crippen molar-refractivity contribution in [1.82, 2.24) is 5.16 Å². The van der Waals surface area contributed by atoms with Crippen LogP contribution < -0.4 is 0 Å². The fraction of sp³-hybridized carbons (Fsp3) is 0.600. The van der Waals surface area contributed by atoms with Crippen molar-refractivity contribution < 1.29 is 14.4 Å². The molecule has 14 heavy (non-hydrogen) atoms. The van der Waals surface area contributed by atoms with Crippen molar-refractivity contribution in [2.24, 2.45) is 11.3 Å². The molecule has 1 saturated carbocycles. The van der Waals surface area contributed by atoms with E-state index >= 15 is 0 Å². The first kappa shape index (κ1) is 9.24. The lowest BCUT2D eigenvalue weighted by Crippen LogP contribution is -2.03. The number of carbonyl (C=O) groups is 1. The second-order valence-electron chi connectivity index (χ2n) is 4.48. The molecule has 0 bridgehead atoms. The highest BCUT2D eigenvalue weighted by molar-refractivity contribution is 5.77. The highest BCUT2D eigenvalue weighted by Crippen LogP contribution is 2.64. The Morgan fingerprint density at radius 1 is 1.64 bits per heavy atom. The molecule has 1 heterocycles. The van der Waals surface area contributed by atoms with E-state index < -0.39 is 5.97 Å². The van der Waals surface area contributed by atoms with Gasteiger partial charge in [-0.05, 0) is 12.3 Å². The highest BCUT2D eigenvalue weighted by Gasteiger charge is 2.64. The maximum Gasteiger partial charge on any atom is 0.307 e. The van der Waals surface area contributed by atoms with Crippen LogP contribution in [-0.4, -0.2) is 16.2 Å². The van der Waals surface area contributed by atoms with Gasteiger partial charge < -0.3 is 9.63 Å². The Balaban J connectivity index is 2.27. The fourth-order valence-electron chi connectivity index (χ4n) is 2.18. The van der Waals surface area contributed by atoms with E-state index in [9.17, 15) is 4.79 Å². The molecule has 0 aliphatic heterocycles. The number of rotatable bonds is 2. The molecule has 76 valence electrons. The summed E-state index contributed by atoms with van der Waals surface area (Å²) in [5.74, 6) is -0.350. The van der Waals surface area contributed by atoms with Crippen molar-refractivity contribution in [3.8, 4) is 0 Å². The summed E-state index contributed by atoms with van der Waals surface area (Å²) in [6, 6.07) is 1.81. The molecule has 1 aromatic rings. The van der Waals surface area contributed by atoms with Gasteiger partial charge in [0, 0.05) is 12.0 Å². The largest absolute Gasteiger partial charge is 0.481 e. The van der Waals surface area contributed by atoms with Crippen LogP contribution in [-0.2, 0) is 4.79 Å². The van der Waals surface area contributed by atoms with Gasteiger partial charge in [0.2, 0.25) is 0 Å². The number of aliphatic carboxylic acids is 1. The molecule has 1 fully saturated rings. The Hall–Kier alpha value is -1.32. The summed E-state index contributed by atoms with van der Waals surface area (Å²) in [5, 5.41) is 12.8. The zero-order valence-electron chi connectivity index (χ0n) is 8.44. The lowest BCUT2D eigenvalue weighted by molar-refractivity contribution is -0.139. The second kappa shape index (κ2) is 2.59. The quantitative estimate of drug-likeness (QED) is 0.781. The summed E-state index contributed by atoms with van der Waals surface area (Å²) >= 11 is 0. The standard InChI is InChI=1S/C10H13NO3/c1-5-4-6(11-14-5)7-8(9(12)13)10(7,2)3/h4,7-8H,1-3H3,(H,12,13). The summed E-state index contributed by atoms with van der Waals surface area (Å²) in [4.78, 5) is 10.9. The molecular formula is C10H13NO3. The minimum Gasteiger partial charge on any atom is -0.481 e. The van der Waals surface area contributed by atoms with Gasteiger partial charge in [-0.1, -0.05) is 19.0 Å². The molecule has 4 nitrogen and oxygen atoms in total. The van der Waals surface area contributed by atoms with Crippen molar-refractivity contribution in [3.63, 3.8) is 0 Å². The summed E-state index contributed by atoms with van der Waals surface area (Å²) in [6.45, 7) is 5.70. The first-order valence-electron chi connectivity index (χ1n) is 4.60. The topological polar surface area (TPSA) is 63.3 Å². The van der Waals surface area contributed by atoms with Gasteiger partial charge in [-0.3, -0.25) is 4.79 Å². The molecule has 2 rings (SSSR count). The molecule has 0 amide bonds. The Morgan fingerprint density at radius 2 is 2.29 bits per heavy atom. The molecule has 2 unspecified atom stereocenters. The number of hydrogen-bond acceptors (Lipinski definition) is 3. The third kappa shape index (κ3) is 1.14. The van der Waals surface area contributed by atoms with Crippen LogP contribution in [0.4, 0.5) is 0 Å². The summed E-state index contributed by atoms with van der Waals surface area (Å²) in [6.07, 6.45) is 0. The predicted molar refractivity (Wildman–Crippen MR) is 48.9 cm³/mol. The van der Waals surface area contributed by atoms with Crippen LogP contribution in [0.2, 0.25) is 0 Å². The number of carboxylic acid groups (broad SMARTS) is 1. The van der Waals surface area contributed by atoms with Crippen LogP contribution in [0.3, 0.4) is 0 Å². The van der Waals surface area contributed by atoms with Crippen molar-refractivity contribution in [3.05, 3.63) is 17.5 Å². The van der Waals surface area contributed by atoms with Crippen LogP contribution in [0.1, 0.15) is 31.2 Å². The van der Waals surface area contributed by atoms with Gasteiger partial charge in [-0.2, -0.15) is 0 Å². The average molecular weight is 195 g/mol. The maximum absolute atomic E-state index is 10.9. The molecule has 0 aromatic carbocycles. The van der Waals surface area contributed by atoms with Gasteiger partial charge >= 0.3 is 5.97 Å². The van der Waals surface area contributed by atoms with Crippen molar-refractivity contribution in [2.75, 3.05) is 0 Å². The minimum absolute atomic E-state index is 0.00236. The molecule has 0 spiro atoms. The molecule has 0 saturated heterocycles. The van der Waals surface area contributed by atoms with Gasteiger partial charge in [-0.15, -0.1) is 0 Å². The number of carboxylic acids is 1. The number of hydrogen-bond donors (Lipinski definition) is 1. The van der Waals surface area contributed by atoms with Crippen LogP contribution >= 0.6 is 0 Å². The van der Waals surface area contributed by atoms with E-state index in [1.54, 1.807) is 0 Å². The molecule has 4 heteroatoms. The SMILES string of the molecule is Cc1cc(C2C(C(=O)O)C2(C)C)no1. The summed E-state index contributed by atoms with van der Waals surface area (Å²) in [7, 11) is 0. The van der Waals surface area contributed by atoms with Crippen LogP contribution in [0.25, 0.3) is 0 Å². The maximum atomic E-state index is 10.9.